The Hall–Kier alpha value is -1.91. The number of rotatable bonds is 4. The minimum atomic E-state index is -0.664. The van der Waals surface area contributed by atoms with Crippen molar-refractivity contribution >= 4 is 12.2 Å². The summed E-state index contributed by atoms with van der Waals surface area (Å²) in [6.45, 7) is 5.14. The molecule has 0 saturated heterocycles. The number of aldehydes is 1. The van der Waals surface area contributed by atoms with E-state index in [4.69, 9.17) is 4.74 Å². The van der Waals surface area contributed by atoms with Gasteiger partial charge in [0.1, 0.15) is 0 Å². The van der Waals surface area contributed by atoms with E-state index < -0.39 is 5.82 Å². The Morgan fingerprint density at radius 2 is 2.11 bits per heavy atom. The largest absolute Gasteiger partial charge is 0.480 e. The van der Waals surface area contributed by atoms with Gasteiger partial charge in [-0.3, -0.25) is 9.59 Å². The van der Waals surface area contributed by atoms with Crippen molar-refractivity contribution in [3.05, 3.63) is 29.6 Å². The first-order chi connectivity index (χ1) is 8.33. The molecule has 0 fully saturated rings. The summed E-state index contributed by atoms with van der Waals surface area (Å²) in [6, 6.07) is 4.00. The quantitative estimate of drug-likeness (QED) is 0.834. The summed E-state index contributed by atoms with van der Waals surface area (Å²) in [5, 5.41) is 2.67. The predicted molar refractivity (Wildman–Crippen MR) is 65.2 cm³/mol. The van der Waals surface area contributed by atoms with Crippen LogP contribution in [0, 0.1) is 5.82 Å². The molecule has 0 saturated carbocycles. The number of hydrogen-bond acceptors (Lipinski definition) is 3. The first-order valence-electron chi connectivity index (χ1n) is 5.51. The third-order valence-electron chi connectivity index (χ3n) is 1.99. The van der Waals surface area contributed by atoms with Crippen molar-refractivity contribution in [3.8, 4) is 5.75 Å². The second kappa shape index (κ2) is 5.62. The third kappa shape index (κ3) is 4.16. The van der Waals surface area contributed by atoms with E-state index >= 15 is 0 Å². The average Bonchev–Trinajstić information content (AvgIpc) is 2.24. The molecule has 0 heterocycles. The Morgan fingerprint density at radius 1 is 1.44 bits per heavy atom. The van der Waals surface area contributed by atoms with Crippen molar-refractivity contribution in [2.45, 2.75) is 26.3 Å². The van der Waals surface area contributed by atoms with Crippen LogP contribution in [-0.4, -0.2) is 24.3 Å². The van der Waals surface area contributed by atoms with Gasteiger partial charge in [-0.05, 0) is 32.9 Å². The molecule has 1 N–H and O–H groups in total. The van der Waals surface area contributed by atoms with Crippen LogP contribution in [0.1, 0.15) is 31.1 Å². The number of para-hydroxylation sites is 1. The summed E-state index contributed by atoms with van der Waals surface area (Å²) in [5.74, 6) is -1.23. The predicted octanol–water partition coefficient (Wildman–Crippen LogP) is 1.93. The fourth-order valence-corrected chi connectivity index (χ4v) is 1.36. The molecular weight excluding hydrogens is 237 g/mol. The molecular formula is C13H16FNO3. The third-order valence-corrected chi connectivity index (χ3v) is 1.99. The smallest absolute Gasteiger partial charge is 0.258 e. The van der Waals surface area contributed by atoms with Gasteiger partial charge >= 0.3 is 0 Å². The van der Waals surface area contributed by atoms with Gasteiger partial charge in [0, 0.05) is 5.54 Å². The van der Waals surface area contributed by atoms with Crippen LogP contribution in [-0.2, 0) is 4.79 Å². The second-order valence-corrected chi connectivity index (χ2v) is 4.86. The summed E-state index contributed by atoms with van der Waals surface area (Å²) in [6.07, 6.45) is 0.486. The molecule has 0 atom stereocenters. The number of carbonyl (C=O) groups is 2. The molecule has 1 aromatic rings. The zero-order chi connectivity index (χ0) is 13.8. The zero-order valence-corrected chi connectivity index (χ0v) is 10.6. The number of halogens is 1. The summed E-state index contributed by atoms with van der Waals surface area (Å²) >= 11 is 0. The van der Waals surface area contributed by atoms with Crippen LogP contribution in [0.4, 0.5) is 4.39 Å². The van der Waals surface area contributed by atoms with Gasteiger partial charge in [0.05, 0.1) is 5.56 Å². The lowest BCUT2D eigenvalue weighted by Gasteiger charge is -2.20. The molecule has 0 bridgehead atoms. The molecule has 1 rings (SSSR count). The Labute approximate surface area is 105 Å². The van der Waals surface area contributed by atoms with Crippen LogP contribution in [0.3, 0.4) is 0 Å². The standard InChI is InChI=1S/C13H16FNO3/c1-13(2,3)15-11(17)8-18-12-9(7-16)5-4-6-10(12)14/h4-7H,8H2,1-3H3,(H,15,17). The van der Waals surface area contributed by atoms with Crippen molar-refractivity contribution in [2.24, 2.45) is 0 Å². The highest BCUT2D eigenvalue weighted by atomic mass is 19.1. The van der Waals surface area contributed by atoms with Crippen LogP contribution in [0.15, 0.2) is 18.2 Å². The summed E-state index contributed by atoms with van der Waals surface area (Å²) in [5.41, 5.74) is -0.304. The van der Waals surface area contributed by atoms with E-state index in [0.717, 1.165) is 0 Å². The minimum Gasteiger partial charge on any atom is -0.480 e. The first-order valence-corrected chi connectivity index (χ1v) is 5.51. The second-order valence-electron chi connectivity index (χ2n) is 4.86. The summed E-state index contributed by atoms with van der Waals surface area (Å²) in [4.78, 5) is 22.2. The molecule has 1 aromatic carbocycles. The highest BCUT2D eigenvalue weighted by Gasteiger charge is 2.16. The molecule has 4 nitrogen and oxygen atoms in total. The fraction of sp³-hybridized carbons (Fsp3) is 0.385. The highest BCUT2D eigenvalue weighted by molar-refractivity contribution is 5.81. The van der Waals surface area contributed by atoms with Crippen molar-refractivity contribution in [1.82, 2.24) is 5.32 Å². The van der Waals surface area contributed by atoms with E-state index in [9.17, 15) is 14.0 Å². The van der Waals surface area contributed by atoms with Crippen molar-refractivity contribution in [3.63, 3.8) is 0 Å². The van der Waals surface area contributed by atoms with E-state index in [1.807, 2.05) is 20.8 Å². The van der Waals surface area contributed by atoms with Gasteiger partial charge in [0.2, 0.25) is 0 Å². The van der Waals surface area contributed by atoms with E-state index in [-0.39, 0.29) is 29.4 Å². The van der Waals surface area contributed by atoms with Gasteiger partial charge in [-0.1, -0.05) is 6.07 Å². The van der Waals surface area contributed by atoms with E-state index in [1.54, 1.807) is 0 Å². The maximum atomic E-state index is 13.4. The maximum Gasteiger partial charge on any atom is 0.258 e. The topological polar surface area (TPSA) is 55.4 Å². The van der Waals surface area contributed by atoms with Crippen molar-refractivity contribution < 1.29 is 18.7 Å². The minimum absolute atomic E-state index is 0.0820. The van der Waals surface area contributed by atoms with Gasteiger partial charge in [-0.15, -0.1) is 0 Å². The van der Waals surface area contributed by atoms with Crippen LogP contribution in [0.2, 0.25) is 0 Å². The average molecular weight is 253 g/mol. The van der Waals surface area contributed by atoms with E-state index in [2.05, 4.69) is 5.32 Å². The SMILES string of the molecule is CC(C)(C)NC(=O)COc1c(F)cccc1C=O. The number of hydrogen-bond donors (Lipinski definition) is 1. The molecule has 0 spiro atoms. The van der Waals surface area contributed by atoms with Crippen LogP contribution >= 0.6 is 0 Å². The van der Waals surface area contributed by atoms with Crippen LogP contribution in [0.5, 0.6) is 5.75 Å². The lowest BCUT2D eigenvalue weighted by Crippen LogP contribution is -2.43. The number of benzene rings is 1. The molecule has 5 heteroatoms. The molecule has 0 aliphatic rings. The monoisotopic (exact) mass is 253 g/mol. The normalized spacial score (nSPS) is 10.9. The Balaban J connectivity index is 2.69. The Morgan fingerprint density at radius 3 is 2.67 bits per heavy atom. The van der Waals surface area contributed by atoms with Gasteiger partial charge in [-0.25, -0.2) is 4.39 Å². The fourth-order valence-electron chi connectivity index (χ4n) is 1.36. The zero-order valence-electron chi connectivity index (χ0n) is 10.6. The van der Waals surface area contributed by atoms with Crippen LogP contribution in [0.25, 0.3) is 0 Å². The van der Waals surface area contributed by atoms with E-state index in [0.29, 0.717) is 6.29 Å². The molecule has 98 valence electrons. The Bertz CT molecular complexity index is 452. The first kappa shape index (κ1) is 14.2. The van der Waals surface area contributed by atoms with Gasteiger partial charge in [-0.2, -0.15) is 0 Å². The summed E-state index contributed by atoms with van der Waals surface area (Å²) in [7, 11) is 0. The van der Waals surface area contributed by atoms with E-state index in [1.165, 1.54) is 18.2 Å². The highest BCUT2D eigenvalue weighted by Crippen LogP contribution is 2.20. The molecule has 1 amide bonds. The molecule has 0 aromatic heterocycles. The molecule has 0 radical (unpaired) electrons. The number of nitrogens with one attached hydrogen (secondary N) is 1. The Kier molecular flexibility index (Phi) is 4.42. The molecule has 0 aliphatic carbocycles. The summed E-state index contributed by atoms with van der Waals surface area (Å²) < 4.78 is 18.5. The lowest BCUT2D eigenvalue weighted by atomic mass is 10.1. The van der Waals surface area contributed by atoms with Gasteiger partial charge < -0.3 is 10.1 Å². The molecule has 18 heavy (non-hydrogen) atoms. The molecule has 0 aliphatic heterocycles. The number of ether oxygens (including phenoxy) is 1. The number of amides is 1. The van der Waals surface area contributed by atoms with Gasteiger partial charge in [0.15, 0.2) is 24.5 Å². The van der Waals surface area contributed by atoms with Crippen molar-refractivity contribution in [2.75, 3.05) is 6.61 Å². The molecule has 0 unspecified atom stereocenters. The number of carbonyl (C=O) groups excluding carboxylic acids is 2. The van der Waals surface area contributed by atoms with Gasteiger partial charge in [0.25, 0.3) is 5.91 Å². The van der Waals surface area contributed by atoms with Crippen molar-refractivity contribution in [1.29, 1.82) is 0 Å². The maximum absolute atomic E-state index is 13.4. The van der Waals surface area contributed by atoms with Crippen LogP contribution < -0.4 is 10.1 Å². The lowest BCUT2D eigenvalue weighted by molar-refractivity contribution is -0.124.